The average Bonchev–Trinajstić information content (AvgIpc) is 2.30. The maximum atomic E-state index is 10.9. The molecule has 2 amide bonds. The molecule has 12 heavy (non-hydrogen) atoms. The molecular weight excluding hydrogens is 178 g/mol. The Bertz CT molecular complexity index is 253. The second kappa shape index (κ2) is 3.14. The van der Waals surface area contributed by atoms with E-state index >= 15 is 0 Å². The minimum Gasteiger partial charge on any atom is -0.368 e. The van der Waals surface area contributed by atoms with Crippen molar-refractivity contribution in [2.24, 2.45) is 5.73 Å². The van der Waals surface area contributed by atoms with Gasteiger partial charge in [0, 0.05) is 12.7 Å². The van der Waals surface area contributed by atoms with Gasteiger partial charge in [0.15, 0.2) is 5.17 Å². The smallest absolute Gasteiger partial charge is 0.241 e. The van der Waals surface area contributed by atoms with E-state index in [1.165, 1.54) is 6.92 Å². The van der Waals surface area contributed by atoms with E-state index in [0.29, 0.717) is 5.75 Å². The fourth-order valence-corrected chi connectivity index (χ4v) is 2.04. The average molecular weight is 187 g/mol. The molecule has 0 bridgehead atoms. The second-order valence-corrected chi connectivity index (χ2v) is 3.43. The number of carbonyl (C=O) groups excluding carboxylic acids is 2. The van der Waals surface area contributed by atoms with Gasteiger partial charge in [-0.25, -0.2) is 0 Å². The van der Waals surface area contributed by atoms with E-state index in [2.05, 4.69) is 0 Å². The van der Waals surface area contributed by atoms with Crippen molar-refractivity contribution in [1.82, 2.24) is 4.90 Å². The molecule has 3 N–H and O–H groups in total. The standard InChI is InChI=1S/C6H9N3O2S/c1-3(10)9-4(5(7)11)2-12-6(9)8/h4,8H,2H2,1H3,(H2,7,11). The van der Waals surface area contributed by atoms with Gasteiger partial charge in [-0.3, -0.25) is 19.9 Å². The third kappa shape index (κ3) is 1.42. The van der Waals surface area contributed by atoms with Gasteiger partial charge >= 0.3 is 0 Å². The Morgan fingerprint density at radius 2 is 2.33 bits per heavy atom. The van der Waals surface area contributed by atoms with E-state index in [4.69, 9.17) is 11.1 Å². The van der Waals surface area contributed by atoms with Crippen molar-refractivity contribution in [3.8, 4) is 0 Å². The molecule has 0 radical (unpaired) electrons. The van der Waals surface area contributed by atoms with Crippen molar-refractivity contribution >= 4 is 28.7 Å². The molecule has 0 aromatic rings. The molecule has 0 saturated carbocycles. The van der Waals surface area contributed by atoms with Gasteiger partial charge in [-0.2, -0.15) is 0 Å². The van der Waals surface area contributed by atoms with Gasteiger partial charge in [-0.1, -0.05) is 11.8 Å². The summed E-state index contributed by atoms with van der Waals surface area (Å²) in [6, 6.07) is -0.639. The molecule has 1 rings (SSSR count). The Hall–Kier alpha value is -1.04. The number of nitrogens with two attached hydrogens (primary N) is 1. The van der Waals surface area contributed by atoms with Crippen LogP contribution in [0.2, 0.25) is 0 Å². The second-order valence-electron chi connectivity index (χ2n) is 2.42. The van der Waals surface area contributed by atoms with Gasteiger partial charge < -0.3 is 5.73 Å². The van der Waals surface area contributed by atoms with E-state index in [1.54, 1.807) is 0 Å². The molecule has 1 fully saturated rings. The van der Waals surface area contributed by atoms with Crippen LogP contribution in [0.25, 0.3) is 0 Å². The summed E-state index contributed by atoms with van der Waals surface area (Å²) < 4.78 is 0. The molecule has 1 aliphatic rings. The fourth-order valence-electron chi connectivity index (χ4n) is 1.02. The number of carbonyl (C=O) groups is 2. The minimum atomic E-state index is -0.639. The predicted molar refractivity (Wildman–Crippen MR) is 45.7 cm³/mol. The molecule has 66 valence electrons. The molecule has 1 saturated heterocycles. The van der Waals surface area contributed by atoms with Crippen molar-refractivity contribution in [3.05, 3.63) is 0 Å². The summed E-state index contributed by atoms with van der Waals surface area (Å²) in [5, 5.41) is 7.42. The summed E-state index contributed by atoms with van der Waals surface area (Å²) in [4.78, 5) is 22.8. The number of nitrogens with zero attached hydrogens (tertiary/aromatic N) is 1. The van der Waals surface area contributed by atoms with Crippen molar-refractivity contribution in [2.75, 3.05) is 5.75 Å². The normalized spacial score (nSPS) is 22.9. The molecule has 0 spiro atoms. The first-order valence-electron chi connectivity index (χ1n) is 3.34. The van der Waals surface area contributed by atoms with Crippen LogP contribution < -0.4 is 5.73 Å². The summed E-state index contributed by atoms with van der Waals surface area (Å²) in [6.45, 7) is 1.32. The van der Waals surface area contributed by atoms with E-state index in [9.17, 15) is 9.59 Å². The SMILES string of the molecule is CC(=O)N1C(=N)SCC1C(N)=O. The van der Waals surface area contributed by atoms with Crippen molar-refractivity contribution in [3.63, 3.8) is 0 Å². The van der Waals surface area contributed by atoms with Gasteiger partial charge in [0.05, 0.1) is 0 Å². The fraction of sp³-hybridized carbons (Fsp3) is 0.500. The Morgan fingerprint density at radius 3 is 2.67 bits per heavy atom. The predicted octanol–water partition coefficient (Wildman–Crippen LogP) is -0.630. The van der Waals surface area contributed by atoms with Crippen LogP contribution in [0.4, 0.5) is 0 Å². The quantitative estimate of drug-likeness (QED) is 0.573. The van der Waals surface area contributed by atoms with Crippen molar-refractivity contribution in [2.45, 2.75) is 13.0 Å². The van der Waals surface area contributed by atoms with Crippen LogP contribution >= 0.6 is 11.8 Å². The molecule has 1 aliphatic heterocycles. The Morgan fingerprint density at radius 1 is 1.75 bits per heavy atom. The van der Waals surface area contributed by atoms with E-state index in [0.717, 1.165) is 16.7 Å². The van der Waals surface area contributed by atoms with Crippen molar-refractivity contribution in [1.29, 1.82) is 5.41 Å². The van der Waals surface area contributed by atoms with E-state index in [1.807, 2.05) is 0 Å². The first kappa shape index (κ1) is 9.05. The molecule has 0 aliphatic carbocycles. The summed E-state index contributed by atoms with van der Waals surface area (Å²) >= 11 is 1.16. The maximum Gasteiger partial charge on any atom is 0.241 e. The van der Waals surface area contributed by atoms with Gasteiger partial charge in [0.1, 0.15) is 6.04 Å². The van der Waals surface area contributed by atoms with Gasteiger partial charge in [0.25, 0.3) is 0 Å². The Labute approximate surface area is 73.8 Å². The van der Waals surface area contributed by atoms with Crippen LogP contribution in [-0.2, 0) is 9.59 Å². The lowest BCUT2D eigenvalue weighted by Crippen LogP contribution is -2.45. The van der Waals surface area contributed by atoms with Gasteiger partial charge in [-0.05, 0) is 0 Å². The molecular formula is C6H9N3O2S. The van der Waals surface area contributed by atoms with Crippen LogP contribution in [0.5, 0.6) is 0 Å². The lowest BCUT2D eigenvalue weighted by Gasteiger charge is -2.18. The first-order chi connectivity index (χ1) is 5.54. The number of nitrogens with one attached hydrogen (secondary N) is 1. The molecule has 0 aromatic heterocycles. The third-order valence-corrected chi connectivity index (χ3v) is 2.53. The lowest BCUT2D eigenvalue weighted by molar-refractivity contribution is -0.132. The van der Waals surface area contributed by atoms with Crippen molar-refractivity contribution < 1.29 is 9.59 Å². The highest BCUT2D eigenvalue weighted by molar-refractivity contribution is 8.14. The highest BCUT2D eigenvalue weighted by atomic mass is 32.2. The largest absolute Gasteiger partial charge is 0.368 e. The Balaban J connectivity index is 2.84. The maximum absolute atomic E-state index is 10.9. The molecule has 1 atom stereocenters. The number of amidine groups is 1. The summed E-state index contributed by atoms with van der Waals surface area (Å²) in [7, 11) is 0. The van der Waals surface area contributed by atoms with Crippen LogP contribution in [0.3, 0.4) is 0 Å². The monoisotopic (exact) mass is 187 g/mol. The van der Waals surface area contributed by atoms with Gasteiger partial charge in [-0.15, -0.1) is 0 Å². The highest BCUT2D eigenvalue weighted by Crippen LogP contribution is 2.22. The number of hydrogen-bond donors (Lipinski definition) is 2. The molecule has 0 aromatic carbocycles. The Kier molecular flexibility index (Phi) is 2.37. The van der Waals surface area contributed by atoms with Gasteiger partial charge in [0.2, 0.25) is 11.8 Å². The minimum absolute atomic E-state index is 0.103. The zero-order chi connectivity index (χ0) is 9.30. The summed E-state index contributed by atoms with van der Waals surface area (Å²) in [5.74, 6) is -0.470. The molecule has 5 nitrogen and oxygen atoms in total. The van der Waals surface area contributed by atoms with E-state index < -0.39 is 11.9 Å². The van der Waals surface area contributed by atoms with Crippen LogP contribution in [0, 0.1) is 5.41 Å². The number of thioether (sulfide) groups is 1. The van der Waals surface area contributed by atoms with E-state index in [-0.39, 0.29) is 11.1 Å². The number of rotatable bonds is 1. The van der Waals surface area contributed by atoms with Crippen LogP contribution in [0.15, 0.2) is 0 Å². The summed E-state index contributed by atoms with van der Waals surface area (Å²) in [5.41, 5.74) is 5.05. The molecule has 1 heterocycles. The number of primary amides is 1. The zero-order valence-corrected chi connectivity index (χ0v) is 7.35. The highest BCUT2D eigenvalue weighted by Gasteiger charge is 2.35. The molecule has 6 heteroatoms. The number of amides is 2. The van der Waals surface area contributed by atoms with Crippen LogP contribution in [-0.4, -0.2) is 33.7 Å². The lowest BCUT2D eigenvalue weighted by atomic mass is 10.3. The number of hydrogen-bond acceptors (Lipinski definition) is 4. The first-order valence-corrected chi connectivity index (χ1v) is 4.33. The third-order valence-electron chi connectivity index (χ3n) is 1.58. The van der Waals surface area contributed by atoms with Crippen LogP contribution in [0.1, 0.15) is 6.92 Å². The zero-order valence-electron chi connectivity index (χ0n) is 6.53. The molecule has 1 unspecified atom stereocenters. The summed E-state index contributed by atoms with van der Waals surface area (Å²) in [6.07, 6.45) is 0. The topological polar surface area (TPSA) is 87.2 Å².